The van der Waals surface area contributed by atoms with Crippen molar-refractivity contribution in [2.45, 2.75) is 39.3 Å². The maximum absolute atomic E-state index is 13.2. The van der Waals surface area contributed by atoms with Crippen LogP contribution in [0.1, 0.15) is 30.2 Å². The molecule has 0 spiro atoms. The van der Waals surface area contributed by atoms with Crippen LogP contribution in [-0.4, -0.2) is 28.6 Å². The third-order valence-corrected chi connectivity index (χ3v) is 4.00. The zero-order valence-electron chi connectivity index (χ0n) is 13.5. The Morgan fingerprint density at radius 3 is 2.74 bits per heavy atom. The Bertz CT molecular complexity index is 636. The highest BCUT2D eigenvalue weighted by molar-refractivity contribution is 5.79. The average molecular weight is 319 g/mol. The van der Waals surface area contributed by atoms with Crippen LogP contribution in [0.15, 0.2) is 41.0 Å². The molecule has 0 fully saturated rings. The first kappa shape index (κ1) is 17.2. The van der Waals surface area contributed by atoms with Crippen LogP contribution in [0.2, 0.25) is 0 Å². The summed E-state index contributed by atoms with van der Waals surface area (Å²) in [5.41, 5.74) is 1.53. The molecule has 23 heavy (non-hydrogen) atoms. The minimum absolute atomic E-state index is 0.106. The van der Waals surface area contributed by atoms with Crippen molar-refractivity contribution in [1.29, 1.82) is 0 Å². The Morgan fingerprint density at radius 2 is 2.17 bits per heavy atom. The smallest absolute Gasteiger partial charge is 0.227 e. The summed E-state index contributed by atoms with van der Waals surface area (Å²) in [6, 6.07) is 7.70. The lowest BCUT2D eigenvalue weighted by Crippen LogP contribution is -2.42. The summed E-state index contributed by atoms with van der Waals surface area (Å²) in [6.07, 6.45) is 2.37. The average Bonchev–Trinajstić information content (AvgIpc) is 3.03. The Morgan fingerprint density at radius 1 is 1.39 bits per heavy atom. The van der Waals surface area contributed by atoms with Gasteiger partial charge in [-0.05, 0) is 48.7 Å². The van der Waals surface area contributed by atoms with Crippen molar-refractivity contribution < 1.29 is 18.7 Å². The molecule has 1 aromatic carbocycles. The monoisotopic (exact) mass is 319 g/mol. The molecule has 2 aromatic rings. The van der Waals surface area contributed by atoms with Crippen molar-refractivity contribution in [1.82, 2.24) is 4.90 Å². The predicted octanol–water partition coefficient (Wildman–Crippen LogP) is 3.07. The molecule has 5 heteroatoms. The number of carbonyl (C=O) groups is 1. The van der Waals surface area contributed by atoms with E-state index in [4.69, 9.17) is 4.42 Å². The van der Waals surface area contributed by atoms with Gasteiger partial charge >= 0.3 is 0 Å². The van der Waals surface area contributed by atoms with Crippen LogP contribution in [0.4, 0.5) is 4.39 Å². The van der Waals surface area contributed by atoms with Gasteiger partial charge in [0.05, 0.1) is 31.9 Å². The number of rotatable bonds is 7. The van der Waals surface area contributed by atoms with Gasteiger partial charge < -0.3 is 14.4 Å². The van der Waals surface area contributed by atoms with Gasteiger partial charge in [0.25, 0.3) is 0 Å². The molecule has 0 saturated heterocycles. The van der Waals surface area contributed by atoms with Crippen LogP contribution in [0, 0.1) is 12.7 Å². The van der Waals surface area contributed by atoms with Gasteiger partial charge in [-0.3, -0.25) is 4.79 Å². The van der Waals surface area contributed by atoms with Crippen molar-refractivity contribution in [3.8, 4) is 0 Å². The first-order valence-electron chi connectivity index (χ1n) is 7.72. The normalized spacial score (nSPS) is 12.2. The second-order valence-corrected chi connectivity index (χ2v) is 5.59. The lowest BCUT2D eigenvalue weighted by Gasteiger charge is -2.29. The largest absolute Gasteiger partial charge is 0.467 e. The number of furan rings is 1. The van der Waals surface area contributed by atoms with Crippen molar-refractivity contribution >= 4 is 5.91 Å². The zero-order valence-corrected chi connectivity index (χ0v) is 13.5. The molecule has 0 bridgehead atoms. The minimum atomic E-state index is -0.312. The third-order valence-electron chi connectivity index (χ3n) is 4.00. The molecule has 0 aliphatic rings. The van der Waals surface area contributed by atoms with Gasteiger partial charge in [0.1, 0.15) is 11.6 Å². The molecule has 1 N–H and O–H groups in total. The van der Waals surface area contributed by atoms with E-state index in [0.29, 0.717) is 18.7 Å². The van der Waals surface area contributed by atoms with Gasteiger partial charge in [0.15, 0.2) is 0 Å². The fourth-order valence-corrected chi connectivity index (χ4v) is 2.56. The molecule has 124 valence electrons. The van der Waals surface area contributed by atoms with E-state index in [1.54, 1.807) is 36.3 Å². The molecule has 1 unspecified atom stereocenters. The lowest BCUT2D eigenvalue weighted by atomic mass is 10.0. The predicted molar refractivity (Wildman–Crippen MR) is 85.3 cm³/mol. The zero-order chi connectivity index (χ0) is 16.8. The van der Waals surface area contributed by atoms with Crippen LogP contribution in [-0.2, 0) is 17.8 Å². The van der Waals surface area contributed by atoms with Crippen molar-refractivity contribution in [2.75, 3.05) is 6.61 Å². The Balaban J connectivity index is 2.18. The summed E-state index contributed by atoms with van der Waals surface area (Å²) in [5.74, 6) is 0.242. The van der Waals surface area contributed by atoms with E-state index in [-0.39, 0.29) is 30.8 Å². The van der Waals surface area contributed by atoms with Crippen molar-refractivity contribution in [2.24, 2.45) is 0 Å². The molecule has 1 heterocycles. The number of carbonyl (C=O) groups excluding carboxylic acids is 1. The molecule has 2 rings (SSSR count). The quantitative estimate of drug-likeness (QED) is 0.853. The van der Waals surface area contributed by atoms with Gasteiger partial charge in [-0.2, -0.15) is 0 Å². The Labute approximate surface area is 135 Å². The first-order valence-corrected chi connectivity index (χ1v) is 7.72. The minimum Gasteiger partial charge on any atom is -0.467 e. The first-order chi connectivity index (χ1) is 11.0. The number of nitrogens with zero attached hydrogens (tertiary/aromatic N) is 1. The fourth-order valence-electron chi connectivity index (χ4n) is 2.56. The highest BCUT2D eigenvalue weighted by Gasteiger charge is 2.23. The molecule has 1 atom stereocenters. The number of halogens is 1. The molecule has 4 nitrogen and oxygen atoms in total. The van der Waals surface area contributed by atoms with E-state index in [1.165, 1.54) is 12.1 Å². The number of aliphatic hydroxyl groups excluding tert-OH is 1. The maximum atomic E-state index is 13.2. The summed E-state index contributed by atoms with van der Waals surface area (Å²) in [4.78, 5) is 14.3. The van der Waals surface area contributed by atoms with E-state index in [0.717, 1.165) is 11.1 Å². The number of aryl methyl sites for hydroxylation is 1. The number of benzene rings is 1. The number of amides is 1. The molecular weight excluding hydrogens is 297 g/mol. The van der Waals surface area contributed by atoms with Gasteiger partial charge in [-0.15, -0.1) is 0 Å². The van der Waals surface area contributed by atoms with Gasteiger partial charge in [0.2, 0.25) is 5.91 Å². The molecule has 0 radical (unpaired) electrons. The maximum Gasteiger partial charge on any atom is 0.227 e. The summed E-state index contributed by atoms with van der Waals surface area (Å²) in [7, 11) is 0. The summed E-state index contributed by atoms with van der Waals surface area (Å²) in [6.45, 7) is 3.91. The van der Waals surface area contributed by atoms with Gasteiger partial charge in [-0.25, -0.2) is 4.39 Å². The number of aliphatic hydroxyl groups is 1. The van der Waals surface area contributed by atoms with Crippen LogP contribution in [0.25, 0.3) is 0 Å². The number of hydrogen-bond acceptors (Lipinski definition) is 3. The number of hydrogen-bond donors (Lipinski definition) is 1. The molecule has 0 aliphatic heterocycles. The fraction of sp³-hybridized carbons (Fsp3) is 0.389. The van der Waals surface area contributed by atoms with Gasteiger partial charge in [-0.1, -0.05) is 13.0 Å². The van der Waals surface area contributed by atoms with Crippen LogP contribution in [0.3, 0.4) is 0 Å². The van der Waals surface area contributed by atoms with Crippen LogP contribution < -0.4 is 0 Å². The SMILES string of the molecule is CCC(CO)N(Cc1ccco1)C(=O)Cc1ccc(F)cc1C. The second kappa shape index (κ2) is 7.92. The molecule has 1 amide bonds. The Hall–Kier alpha value is -2.14. The van der Waals surface area contributed by atoms with Crippen LogP contribution >= 0.6 is 0 Å². The highest BCUT2D eigenvalue weighted by atomic mass is 19.1. The van der Waals surface area contributed by atoms with E-state index in [2.05, 4.69) is 0 Å². The molecular formula is C18H22FNO3. The Kier molecular flexibility index (Phi) is 5.93. The standard InChI is InChI=1S/C18H22FNO3/c1-3-16(12-21)20(11-17-5-4-8-23-17)18(22)10-14-6-7-15(19)9-13(14)2/h4-9,16,21H,3,10-12H2,1-2H3. The van der Waals surface area contributed by atoms with E-state index in [9.17, 15) is 14.3 Å². The third kappa shape index (κ3) is 4.42. The lowest BCUT2D eigenvalue weighted by molar-refractivity contribution is -0.134. The molecule has 0 aliphatic carbocycles. The summed E-state index contributed by atoms with van der Waals surface area (Å²) < 4.78 is 18.5. The van der Waals surface area contributed by atoms with Gasteiger partial charge in [0, 0.05) is 0 Å². The molecule has 0 saturated carbocycles. The van der Waals surface area contributed by atoms with E-state index < -0.39 is 0 Å². The van der Waals surface area contributed by atoms with E-state index in [1.807, 2.05) is 6.92 Å². The molecule has 1 aromatic heterocycles. The van der Waals surface area contributed by atoms with Crippen molar-refractivity contribution in [3.05, 3.63) is 59.3 Å². The topological polar surface area (TPSA) is 53.7 Å². The van der Waals surface area contributed by atoms with Crippen LogP contribution in [0.5, 0.6) is 0 Å². The van der Waals surface area contributed by atoms with Crippen molar-refractivity contribution in [3.63, 3.8) is 0 Å². The second-order valence-electron chi connectivity index (χ2n) is 5.59. The summed E-state index contributed by atoms with van der Waals surface area (Å²) in [5, 5.41) is 9.56. The van der Waals surface area contributed by atoms with E-state index >= 15 is 0 Å². The highest BCUT2D eigenvalue weighted by Crippen LogP contribution is 2.16. The summed E-state index contributed by atoms with van der Waals surface area (Å²) >= 11 is 0.